The molecule has 1 aliphatic heterocycles. The van der Waals surface area contributed by atoms with E-state index in [1.54, 1.807) is 12.1 Å². The average Bonchev–Trinajstić information content (AvgIpc) is 3.42. The summed E-state index contributed by atoms with van der Waals surface area (Å²) in [5.41, 5.74) is 3.39. The van der Waals surface area contributed by atoms with E-state index in [-0.39, 0.29) is 16.4 Å². The third kappa shape index (κ3) is 4.41. The van der Waals surface area contributed by atoms with Gasteiger partial charge in [-0.1, -0.05) is 65.9 Å². The quantitative estimate of drug-likeness (QED) is 0.193. The second kappa shape index (κ2) is 9.44. The molecule has 1 aliphatic rings. The van der Waals surface area contributed by atoms with E-state index in [0.717, 1.165) is 21.4 Å². The number of allylic oxidation sites excluding steroid dienone is 1. The molecule has 2 heterocycles. The molecule has 1 aromatic heterocycles. The molecule has 184 valence electrons. The van der Waals surface area contributed by atoms with Crippen molar-refractivity contribution in [1.82, 2.24) is 4.98 Å². The lowest BCUT2D eigenvalue weighted by Crippen LogP contribution is -2.30. The summed E-state index contributed by atoms with van der Waals surface area (Å²) in [5, 5.41) is 22.7. The van der Waals surface area contributed by atoms with Gasteiger partial charge in [-0.2, -0.15) is 0 Å². The molecule has 9 heteroatoms. The van der Waals surface area contributed by atoms with Gasteiger partial charge < -0.3 is 5.11 Å². The first-order chi connectivity index (χ1) is 17.7. The number of non-ortho nitro benzene ring substituents is 1. The van der Waals surface area contributed by atoms with E-state index in [0.29, 0.717) is 11.1 Å². The Morgan fingerprint density at radius 3 is 2.59 bits per heavy atom. The Bertz CT molecular complexity index is 1640. The number of hydrogen-bond acceptors (Lipinski definition) is 7. The molecule has 1 amide bonds. The zero-order valence-corrected chi connectivity index (χ0v) is 20.7. The minimum atomic E-state index is -1.10. The number of amides is 1. The number of aliphatic hydroxyl groups excluding tert-OH is 1. The molecule has 0 fully saturated rings. The number of thiazole rings is 1. The van der Waals surface area contributed by atoms with Gasteiger partial charge in [0.25, 0.3) is 11.6 Å². The smallest absolute Gasteiger partial charge is 0.296 e. The molecule has 0 saturated carbocycles. The molecule has 3 aromatic carbocycles. The van der Waals surface area contributed by atoms with Crippen molar-refractivity contribution in [2.24, 2.45) is 0 Å². The van der Waals surface area contributed by atoms with Crippen molar-refractivity contribution in [2.75, 3.05) is 4.90 Å². The Balaban J connectivity index is 1.65. The van der Waals surface area contributed by atoms with Crippen molar-refractivity contribution in [2.45, 2.75) is 19.9 Å². The summed E-state index contributed by atoms with van der Waals surface area (Å²) >= 11 is 1.25. The minimum absolute atomic E-state index is 0.162. The summed E-state index contributed by atoms with van der Waals surface area (Å²) in [7, 11) is 0. The summed E-state index contributed by atoms with van der Waals surface area (Å²) in [6.07, 6.45) is 2.87. The zero-order valence-electron chi connectivity index (χ0n) is 19.9. The van der Waals surface area contributed by atoms with Gasteiger partial charge in [0.05, 0.1) is 26.8 Å². The lowest BCUT2D eigenvalue weighted by molar-refractivity contribution is -0.384. The van der Waals surface area contributed by atoms with Gasteiger partial charge in [0, 0.05) is 12.1 Å². The number of anilines is 1. The van der Waals surface area contributed by atoms with E-state index in [9.17, 15) is 24.8 Å². The largest absolute Gasteiger partial charge is 0.503 e. The minimum Gasteiger partial charge on any atom is -0.503 e. The number of nitro groups is 1. The molecule has 1 unspecified atom stereocenters. The lowest BCUT2D eigenvalue weighted by atomic mass is 9.95. The van der Waals surface area contributed by atoms with Crippen molar-refractivity contribution in [3.8, 4) is 0 Å². The van der Waals surface area contributed by atoms with Crippen molar-refractivity contribution in [3.05, 3.63) is 117 Å². The van der Waals surface area contributed by atoms with Crippen LogP contribution in [0, 0.1) is 24.0 Å². The van der Waals surface area contributed by atoms with Crippen LogP contribution in [0.2, 0.25) is 0 Å². The number of ketones is 1. The van der Waals surface area contributed by atoms with Crippen LogP contribution in [-0.4, -0.2) is 26.7 Å². The molecule has 8 nitrogen and oxygen atoms in total. The van der Waals surface area contributed by atoms with Crippen molar-refractivity contribution in [3.63, 3.8) is 0 Å². The number of fused-ring (bicyclic) bond motifs is 1. The van der Waals surface area contributed by atoms with Crippen LogP contribution in [0.25, 0.3) is 16.3 Å². The number of hydrogen-bond donors (Lipinski definition) is 1. The van der Waals surface area contributed by atoms with Gasteiger partial charge >= 0.3 is 0 Å². The van der Waals surface area contributed by atoms with E-state index in [2.05, 4.69) is 4.98 Å². The van der Waals surface area contributed by atoms with E-state index < -0.39 is 28.4 Å². The van der Waals surface area contributed by atoms with E-state index in [1.807, 2.05) is 56.3 Å². The summed E-state index contributed by atoms with van der Waals surface area (Å²) in [6, 6.07) is 17.7. The number of aromatic nitrogens is 1. The van der Waals surface area contributed by atoms with Gasteiger partial charge in [0.1, 0.15) is 0 Å². The number of carbonyl (C=O) groups excluding carboxylic acids is 2. The first-order valence-corrected chi connectivity index (χ1v) is 12.2. The van der Waals surface area contributed by atoms with Crippen LogP contribution in [0.5, 0.6) is 0 Å². The number of nitrogens with zero attached hydrogens (tertiary/aromatic N) is 3. The van der Waals surface area contributed by atoms with Gasteiger partial charge in [-0.05, 0) is 48.2 Å². The highest BCUT2D eigenvalue weighted by molar-refractivity contribution is 7.22. The fraction of sp³-hybridized carbons (Fsp3) is 0.107. The van der Waals surface area contributed by atoms with Crippen LogP contribution < -0.4 is 4.90 Å². The first kappa shape index (κ1) is 24.1. The van der Waals surface area contributed by atoms with Gasteiger partial charge in [0.2, 0.25) is 0 Å². The first-order valence-electron chi connectivity index (χ1n) is 11.4. The standard InChI is InChI=1S/C28H21N3O5S/c1-16-13-17(2)24-22(14-16)37-28(29-24)30-25(19-9-6-10-20(15-19)31(35)36)23(26(33)27(30)34)21(32)12-11-18-7-4-3-5-8-18/h3-15,25,33H,1-2H3/b12-11+. The number of aliphatic hydroxyl groups is 1. The predicted molar refractivity (Wildman–Crippen MR) is 143 cm³/mol. The van der Waals surface area contributed by atoms with Gasteiger partial charge in [0.15, 0.2) is 16.7 Å². The monoisotopic (exact) mass is 511 g/mol. The normalized spacial score (nSPS) is 15.8. The highest BCUT2D eigenvalue weighted by Crippen LogP contribution is 2.44. The molecular weight excluding hydrogens is 490 g/mol. The Hall–Kier alpha value is -4.63. The number of nitro benzene ring substituents is 1. The molecule has 0 saturated heterocycles. The molecule has 37 heavy (non-hydrogen) atoms. The number of benzene rings is 3. The maximum atomic E-state index is 13.4. The third-order valence-electron chi connectivity index (χ3n) is 6.12. The molecule has 1 atom stereocenters. The fourth-order valence-electron chi connectivity index (χ4n) is 4.47. The summed E-state index contributed by atoms with van der Waals surface area (Å²) in [6.45, 7) is 3.88. The second-order valence-corrected chi connectivity index (χ2v) is 9.73. The SMILES string of the molecule is Cc1cc(C)c2nc(N3C(=O)C(O)=C(C(=O)/C=C/c4ccccc4)C3c3cccc([N+](=O)[O-])c3)sc2c1. The fourth-order valence-corrected chi connectivity index (χ4v) is 5.63. The van der Waals surface area contributed by atoms with Gasteiger partial charge in [-0.15, -0.1) is 0 Å². The van der Waals surface area contributed by atoms with Crippen LogP contribution in [0.3, 0.4) is 0 Å². The molecule has 1 N–H and O–H groups in total. The third-order valence-corrected chi connectivity index (χ3v) is 7.12. The van der Waals surface area contributed by atoms with Crippen molar-refractivity contribution < 1.29 is 19.6 Å². The molecule has 0 spiro atoms. The van der Waals surface area contributed by atoms with E-state index in [4.69, 9.17) is 0 Å². The van der Waals surface area contributed by atoms with E-state index >= 15 is 0 Å². The van der Waals surface area contributed by atoms with Gasteiger partial charge in [-0.25, -0.2) is 4.98 Å². The maximum Gasteiger partial charge on any atom is 0.296 e. The molecule has 5 rings (SSSR count). The Morgan fingerprint density at radius 2 is 1.86 bits per heavy atom. The Kier molecular flexibility index (Phi) is 6.14. The number of carbonyl (C=O) groups is 2. The van der Waals surface area contributed by atoms with Crippen LogP contribution in [0.1, 0.15) is 28.3 Å². The molecular formula is C28H21N3O5S. The summed E-state index contributed by atoms with van der Waals surface area (Å²) in [5.74, 6) is -2.07. The van der Waals surface area contributed by atoms with Crippen LogP contribution in [0.4, 0.5) is 10.8 Å². The Morgan fingerprint density at radius 1 is 1.11 bits per heavy atom. The molecule has 0 aliphatic carbocycles. The van der Waals surface area contributed by atoms with Crippen LogP contribution >= 0.6 is 11.3 Å². The average molecular weight is 512 g/mol. The number of rotatable bonds is 6. The van der Waals surface area contributed by atoms with E-state index in [1.165, 1.54) is 40.5 Å². The lowest BCUT2D eigenvalue weighted by Gasteiger charge is -2.24. The zero-order chi connectivity index (χ0) is 26.3. The second-order valence-electron chi connectivity index (χ2n) is 8.73. The summed E-state index contributed by atoms with van der Waals surface area (Å²) in [4.78, 5) is 43.6. The summed E-state index contributed by atoms with van der Waals surface area (Å²) < 4.78 is 0.848. The topological polar surface area (TPSA) is 114 Å². The van der Waals surface area contributed by atoms with Crippen LogP contribution in [0.15, 0.2) is 84.1 Å². The van der Waals surface area contributed by atoms with Crippen molar-refractivity contribution >= 4 is 50.1 Å². The highest BCUT2D eigenvalue weighted by Gasteiger charge is 2.45. The highest BCUT2D eigenvalue weighted by atomic mass is 32.1. The molecule has 0 radical (unpaired) electrons. The van der Waals surface area contributed by atoms with Crippen molar-refractivity contribution in [1.29, 1.82) is 0 Å². The predicted octanol–water partition coefficient (Wildman–Crippen LogP) is 6.00. The maximum absolute atomic E-state index is 13.4. The molecule has 4 aromatic rings. The number of aryl methyl sites for hydroxylation is 2. The molecule has 0 bridgehead atoms. The van der Waals surface area contributed by atoms with Crippen LogP contribution in [-0.2, 0) is 9.59 Å². The van der Waals surface area contributed by atoms with Gasteiger partial charge in [-0.3, -0.25) is 24.6 Å². The Labute approximate surface area is 216 Å².